The van der Waals surface area contributed by atoms with Crippen molar-refractivity contribution in [1.29, 1.82) is 5.41 Å². The zero-order valence-electron chi connectivity index (χ0n) is 7.46. The summed E-state index contributed by atoms with van der Waals surface area (Å²) in [5.41, 5.74) is 0. The maximum atomic E-state index is 7.27. The molecule has 0 heterocycles. The Balaban J connectivity index is 3.60. The van der Waals surface area contributed by atoms with Crippen LogP contribution in [0.4, 0.5) is 0 Å². The molecule has 0 aliphatic heterocycles. The predicted molar refractivity (Wildman–Crippen MR) is 48.5 cm³/mol. The van der Waals surface area contributed by atoms with Crippen molar-refractivity contribution in [1.82, 2.24) is 9.80 Å². The summed E-state index contributed by atoms with van der Waals surface area (Å²) in [6.45, 7) is 5.01. The lowest BCUT2D eigenvalue weighted by molar-refractivity contribution is 0.355. The average Bonchev–Trinajstić information content (AvgIpc) is 1.98. The normalized spacial score (nSPS) is 9.82. The smallest absolute Gasteiger partial charge is 0.216 e. The minimum Gasteiger partial charge on any atom is -0.343 e. The average molecular weight is 156 g/mol. The van der Waals surface area contributed by atoms with Crippen LogP contribution in [0.5, 0.6) is 0 Å². The predicted octanol–water partition coefficient (Wildman–Crippen LogP) is 0.115. The van der Waals surface area contributed by atoms with Crippen LogP contribution in [0.2, 0.25) is 0 Å². The van der Waals surface area contributed by atoms with Gasteiger partial charge >= 0.3 is 0 Å². The molecule has 4 heteroatoms. The van der Waals surface area contributed by atoms with Crippen LogP contribution < -0.4 is 0 Å². The van der Waals surface area contributed by atoms with E-state index in [0.717, 1.165) is 13.1 Å². The number of rotatable bonds is 3. The van der Waals surface area contributed by atoms with E-state index in [1.165, 1.54) is 0 Å². The third kappa shape index (κ3) is 4.50. The molecule has 11 heavy (non-hydrogen) atoms. The summed E-state index contributed by atoms with van der Waals surface area (Å²) in [4.78, 5) is 7.33. The third-order valence-electron chi connectivity index (χ3n) is 1.39. The number of hydrogen-bond acceptors (Lipinski definition) is 2. The van der Waals surface area contributed by atoms with E-state index in [9.17, 15) is 0 Å². The van der Waals surface area contributed by atoms with Crippen LogP contribution in [0.3, 0.4) is 0 Å². The van der Waals surface area contributed by atoms with E-state index >= 15 is 0 Å². The van der Waals surface area contributed by atoms with Crippen molar-refractivity contribution < 1.29 is 0 Å². The maximum absolute atomic E-state index is 7.27. The van der Waals surface area contributed by atoms with Gasteiger partial charge in [0, 0.05) is 20.1 Å². The van der Waals surface area contributed by atoms with Crippen LogP contribution in [0, 0.1) is 5.41 Å². The van der Waals surface area contributed by atoms with Gasteiger partial charge in [-0.2, -0.15) is 0 Å². The summed E-state index contributed by atoms with van der Waals surface area (Å²) in [6, 6.07) is 0. The van der Waals surface area contributed by atoms with E-state index in [1.807, 2.05) is 21.1 Å². The number of aliphatic imine (C=N–C) groups is 1. The van der Waals surface area contributed by atoms with Crippen molar-refractivity contribution >= 4 is 12.7 Å². The number of hydrogen-bond donors (Lipinski definition) is 1. The highest BCUT2D eigenvalue weighted by atomic mass is 15.2. The van der Waals surface area contributed by atoms with Crippen LogP contribution in [0.25, 0.3) is 0 Å². The van der Waals surface area contributed by atoms with Gasteiger partial charge < -0.3 is 9.80 Å². The third-order valence-corrected chi connectivity index (χ3v) is 1.39. The number of guanidine groups is 1. The molecule has 0 aliphatic carbocycles. The lowest BCUT2D eigenvalue weighted by atomic mass is 10.5. The van der Waals surface area contributed by atoms with E-state index < -0.39 is 0 Å². The Morgan fingerprint density at radius 3 is 2.27 bits per heavy atom. The summed E-state index contributed by atoms with van der Waals surface area (Å²) in [6.07, 6.45) is 0. The first kappa shape index (κ1) is 10.1. The monoisotopic (exact) mass is 156 g/mol. The van der Waals surface area contributed by atoms with Crippen molar-refractivity contribution in [3.8, 4) is 0 Å². The van der Waals surface area contributed by atoms with E-state index in [4.69, 9.17) is 5.41 Å². The largest absolute Gasteiger partial charge is 0.343 e. The molecule has 64 valence electrons. The van der Waals surface area contributed by atoms with E-state index in [2.05, 4.69) is 16.6 Å². The highest BCUT2D eigenvalue weighted by molar-refractivity contribution is 5.80. The number of nitrogens with one attached hydrogen (secondary N) is 1. The molecule has 0 saturated carbocycles. The van der Waals surface area contributed by atoms with Crippen LogP contribution in [0.15, 0.2) is 4.99 Å². The van der Waals surface area contributed by atoms with Crippen LogP contribution in [-0.2, 0) is 0 Å². The van der Waals surface area contributed by atoms with Crippen LogP contribution in [0.1, 0.15) is 0 Å². The molecule has 0 aliphatic rings. The van der Waals surface area contributed by atoms with Gasteiger partial charge in [0.05, 0.1) is 0 Å². The fourth-order valence-corrected chi connectivity index (χ4v) is 0.577. The maximum Gasteiger partial charge on any atom is 0.216 e. The molecule has 0 radical (unpaired) electrons. The first-order valence-corrected chi connectivity index (χ1v) is 3.49. The van der Waals surface area contributed by atoms with Gasteiger partial charge in [0.1, 0.15) is 0 Å². The summed E-state index contributed by atoms with van der Waals surface area (Å²) in [5, 5.41) is 7.27. The molecule has 0 fully saturated rings. The van der Waals surface area contributed by atoms with Gasteiger partial charge in [0.2, 0.25) is 5.96 Å². The van der Waals surface area contributed by atoms with Crippen LogP contribution >= 0.6 is 0 Å². The molecule has 0 aromatic rings. The topological polar surface area (TPSA) is 42.7 Å². The summed E-state index contributed by atoms with van der Waals surface area (Å²) in [7, 11) is 5.83. The van der Waals surface area contributed by atoms with Gasteiger partial charge in [-0.15, -0.1) is 0 Å². The number of nitrogens with zero attached hydrogens (tertiary/aromatic N) is 3. The zero-order valence-corrected chi connectivity index (χ0v) is 7.46. The second-order valence-corrected chi connectivity index (χ2v) is 2.71. The van der Waals surface area contributed by atoms with Gasteiger partial charge in [-0.25, -0.2) is 4.99 Å². The van der Waals surface area contributed by atoms with Crippen molar-refractivity contribution in [3.05, 3.63) is 0 Å². The van der Waals surface area contributed by atoms with E-state index in [1.54, 1.807) is 4.90 Å². The second-order valence-electron chi connectivity index (χ2n) is 2.71. The van der Waals surface area contributed by atoms with Gasteiger partial charge in [-0.3, -0.25) is 5.41 Å². The number of likely N-dealkylation sites (N-methyl/N-ethyl adjacent to an activating group) is 2. The molecule has 0 aromatic heterocycles. The van der Waals surface area contributed by atoms with Crippen LogP contribution in [-0.4, -0.2) is 56.7 Å². The minimum absolute atomic E-state index is 0.229. The van der Waals surface area contributed by atoms with Crippen molar-refractivity contribution in [2.75, 3.05) is 34.2 Å². The quantitative estimate of drug-likeness (QED) is 0.465. The molecule has 0 aromatic carbocycles. The molecule has 0 amide bonds. The summed E-state index contributed by atoms with van der Waals surface area (Å²) < 4.78 is 0. The van der Waals surface area contributed by atoms with E-state index in [0.29, 0.717) is 0 Å². The molecule has 4 nitrogen and oxygen atoms in total. The Morgan fingerprint density at radius 1 is 1.36 bits per heavy atom. The van der Waals surface area contributed by atoms with Crippen molar-refractivity contribution in [2.24, 2.45) is 4.99 Å². The van der Waals surface area contributed by atoms with Gasteiger partial charge in [0.25, 0.3) is 0 Å². The van der Waals surface area contributed by atoms with Crippen molar-refractivity contribution in [2.45, 2.75) is 0 Å². The zero-order chi connectivity index (χ0) is 8.85. The SMILES string of the molecule is C=NC(=N)N(C)CCN(C)C. The standard InChI is InChI=1S/C7H16N4/c1-9-7(8)11(4)6-5-10(2)3/h8H,1,5-6H2,2-4H3. The lowest BCUT2D eigenvalue weighted by Crippen LogP contribution is -2.31. The molecule has 0 unspecified atom stereocenters. The molecule has 0 bridgehead atoms. The molecule has 0 spiro atoms. The Kier molecular flexibility index (Phi) is 4.45. The Morgan fingerprint density at radius 2 is 1.91 bits per heavy atom. The van der Waals surface area contributed by atoms with Gasteiger partial charge in [0.15, 0.2) is 0 Å². The van der Waals surface area contributed by atoms with Crippen molar-refractivity contribution in [3.63, 3.8) is 0 Å². The molecule has 0 atom stereocenters. The molecular formula is C7H16N4. The highest BCUT2D eigenvalue weighted by Crippen LogP contribution is 1.86. The lowest BCUT2D eigenvalue weighted by Gasteiger charge is -2.18. The Labute approximate surface area is 68.0 Å². The molecule has 1 N–H and O–H groups in total. The fraction of sp³-hybridized carbons (Fsp3) is 0.714. The van der Waals surface area contributed by atoms with Gasteiger partial charge in [-0.05, 0) is 20.8 Å². The first-order valence-electron chi connectivity index (χ1n) is 3.49. The minimum atomic E-state index is 0.229. The first-order chi connectivity index (χ1) is 5.07. The summed E-state index contributed by atoms with van der Waals surface area (Å²) >= 11 is 0. The summed E-state index contributed by atoms with van der Waals surface area (Å²) in [5.74, 6) is 0.229. The Hall–Kier alpha value is -0.900. The molecule has 0 saturated heterocycles. The second kappa shape index (κ2) is 4.85. The molecular weight excluding hydrogens is 140 g/mol. The fourth-order valence-electron chi connectivity index (χ4n) is 0.577. The molecule has 0 rings (SSSR count). The highest BCUT2D eigenvalue weighted by Gasteiger charge is 2.00. The van der Waals surface area contributed by atoms with E-state index in [-0.39, 0.29) is 5.96 Å². The Bertz CT molecular complexity index is 141. The van der Waals surface area contributed by atoms with Gasteiger partial charge in [-0.1, -0.05) is 0 Å².